The maximum Gasteiger partial charge on any atom is 0.272 e. The minimum atomic E-state index is -0.136. The van der Waals surface area contributed by atoms with Crippen molar-refractivity contribution in [1.29, 1.82) is 0 Å². The SMILES string of the molecule is CCn1cc(N)cc1C(=O)Nc1ccccc1C. The molecule has 1 aromatic carbocycles. The molecule has 0 aliphatic rings. The Labute approximate surface area is 106 Å². The summed E-state index contributed by atoms with van der Waals surface area (Å²) >= 11 is 0. The van der Waals surface area contributed by atoms with E-state index in [9.17, 15) is 4.79 Å². The molecular formula is C14H17N3O. The fourth-order valence-electron chi connectivity index (χ4n) is 1.88. The number of carbonyl (C=O) groups is 1. The molecule has 2 rings (SSSR count). The molecule has 0 aliphatic heterocycles. The number of aromatic nitrogens is 1. The van der Waals surface area contributed by atoms with Crippen LogP contribution in [-0.2, 0) is 6.54 Å². The Morgan fingerprint density at radius 2 is 2.11 bits per heavy atom. The summed E-state index contributed by atoms with van der Waals surface area (Å²) < 4.78 is 1.84. The fraction of sp³-hybridized carbons (Fsp3) is 0.214. The van der Waals surface area contributed by atoms with E-state index in [0.29, 0.717) is 17.9 Å². The summed E-state index contributed by atoms with van der Waals surface area (Å²) in [6.45, 7) is 4.65. The lowest BCUT2D eigenvalue weighted by Gasteiger charge is -2.09. The zero-order valence-electron chi connectivity index (χ0n) is 10.6. The highest BCUT2D eigenvalue weighted by Gasteiger charge is 2.12. The third kappa shape index (κ3) is 2.37. The van der Waals surface area contributed by atoms with Gasteiger partial charge >= 0.3 is 0 Å². The van der Waals surface area contributed by atoms with Crippen LogP contribution in [0, 0.1) is 6.92 Å². The minimum Gasteiger partial charge on any atom is -0.397 e. The second-order valence-corrected chi connectivity index (χ2v) is 4.21. The van der Waals surface area contributed by atoms with E-state index in [-0.39, 0.29) is 5.91 Å². The number of benzene rings is 1. The van der Waals surface area contributed by atoms with Gasteiger partial charge in [0.25, 0.3) is 5.91 Å². The van der Waals surface area contributed by atoms with Gasteiger partial charge in [0.1, 0.15) is 5.69 Å². The molecular weight excluding hydrogens is 226 g/mol. The van der Waals surface area contributed by atoms with Crippen molar-refractivity contribution in [3.8, 4) is 0 Å². The number of para-hydroxylation sites is 1. The van der Waals surface area contributed by atoms with Crippen molar-refractivity contribution in [1.82, 2.24) is 4.57 Å². The van der Waals surface area contributed by atoms with Gasteiger partial charge in [-0.05, 0) is 31.5 Å². The number of aryl methyl sites for hydroxylation is 2. The lowest BCUT2D eigenvalue weighted by molar-refractivity contribution is 0.101. The number of anilines is 2. The van der Waals surface area contributed by atoms with Crippen LogP contribution in [0.25, 0.3) is 0 Å². The van der Waals surface area contributed by atoms with Gasteiger partial charge in [-0.3, -0.25) is 4.79 Å². The zero-order chi connectivity index (χ0) is 13.1. The van der Waals surface area contributed by atoms with E-state index in [1.54, 1.807) is 12.3 Å². The lowest BCUT2D eigenvalue weighted by atomic mass is 10.2. The first-order valence-corrected chi connectivity index (χ1v) is 5.94. The van der Waals surface area contributed by atoms with E-state index in [4.69, 9.17) is 5.73 Å². The standard InChI is InChI=1S/C14H17N3O/c1-3-17-9-11(15)8-13(17)14(18)16-12-7-5-4-6-10(12)2/h4-9H,3,15H2,1-2H3,(H,16,18). The Balaban J connectivity index is 2.25. The molecule has 0 unspecified atom stereocenters. The number of carbonyl (C=O) groups excluding carboxylic acids is 1. The minimum absolute atomic E-state index is 0.136. The molecule has 0 saturated heterocycles. The normalized spacial score (nSPS) is 10.3. The Kier molecular flexibility index (Phi) is 3.37. The van der Waals surface area contributed by atoms with Gasteiger partial charge in [-0.15, -0.1) is 0 Å². The van der Waals surface area contributed by atoms with E-state index in [0.717, 1.165) is 11.3 Å². The topological polar surface area (TPSA) is 60.0 Å². The molecule has 0 spiro atoms. The first-order valence-electron chi connectivity index (χ1n) is 5.94. The van der Waals surface area contributed by atoms with Gasteiger partial charge in [-0.25, -0.2) is 0 Å². The van der Waals surface area contributed by atoms with Gasteiger partial charge in [0.15, 0.2) is 0 Å². The van der Waals surface area contributed by atoms with Crippen LogP contribution in [0.4, 0.5) is 11.4 Å². The molecule has 3 N–H and O–H groups in total. The molecule has 1 aromatic heterocycles. The summed E-state index contributed by atoms with van der Waals surface area (Å²) in [6.07, 6.45) is 1.77. The first kappa shape index (κ1) is 12.2. The van der Waals surface area contributed by atoms with Crippen molar-refractivity contribution in [2.24, 2.45) is 0 Å². The molecule has 4 nitrogen and oxygen atoms in total. The molecule has 0 saturated carbocycles. The van der Waals surface area contributed by atoms with Gasteiger partial charge in [0.2, 0.25) is 0 Å². The van der Waals surface area contributed by atoms with Gasteiger partial charge in [-0.1, -0.05) is 18.2 Å². The number of nitrogens with two attached hydrogens (primary N) is 1. The van der Waals surface area contributed by atoms with E-state index in [1.807, 2.05) is 42.7 Å². The molecule has 18 heavy (non-hydrogen) atoms. The highest BCUT2D eigenvalue weighted by atomic mass is 16.1. The van der Waals surface area contributed by atoms with Gasteiger partial charge in [-0.2, -0.15) is 0 Å². The van der Waals surface area contributed by atoms with Crippen molar-refractivity contribution in [2.45, 2.75) is 20.4 Å². The molecule has 0 fully saturated rings. The van der Waals surface area contributed by atoms with E-state index in [2.05, 4.69) is 5.32 Å². The molecule has 4 heteroatoms. The molecule has 1 heterocycles. The Hall–Kier alpha value is -2.23. The second-order valence-electron chi connectivity index (χ2n) is 4.21. The van der Waals surface area contributed by atoms with Crippen LogP contribution in [0.1, 0.15) is 23.0 Å². The quantitative estimate of drug-likeness (QED) is 0.870. The van der Waals surface area contributed by atoms with E-state index >= 15 is 0 Å². The first-order chi connectivity index (χ1) is 8.61. The highest BCUT2D eigenvalue weighted by Crippen LogP contribution is 2.16. The van der Waals surface area contributed by atoms with Gasteiger partial charge < -0.3 is 15.6 Å². The Morgan fingerprint density at radius 3 is 2.78 bits per heavy atom. The van der Waals surface area contributed by atoms with Crippen LogP contribution in [0.2, 0.25) is 0 Å². The number of hydrogen-bond donors (Lipinski definition) is 2. The number of nitrogen functional groups attached to an aromatic ring is 1. The molecule has 0 aliphatic carbocycles. The predicted molar refractivity (Wildman–Crippen MR) is 73.7 cm³/mol. The number of nitrogens with one attached hydrogen (secondary N) is 1. The third-order valence-electron chi connectivity index (χ3n) is 2.88. The molecule has 0 bridgehead atoms. The number of rotatable bonds is 3. The van der Waals surface area contributed by atoms with Crippen molar-refractivity contribution >= 4 is 17.3 Å². The molecule has 2 aromatic rings. The highest BCUT2D eigenvalue weighted by molar-refractivity contribution is 6.04. The van der Waals surface area contributed by atoms with Crippen LogP contribution in [0.15, 0.2) is 36.5 Å². The number of amides is 1. The second kappa shape index (κ2) is 4.96. The maximum atomic E-state index is 12.2. The maximum absolute atomic E-state index is 12.2. The summed E-state index contributed by atoms with van der Waals surface area (Å²) in [5.41, 5.74) is 8.76. The average Bonchev–Trinajstić information content (AvgIpc) is 2.73. The van der Waals surface area contributed by atoms with Crippen molar-refractivity contribution in [3.63, 3.8) is 0 Å². The molecule has 0 radical (unpaired) electrons. The smallest absolute Gasteiger partial charge is 0.272 e. The van der Waals surface area contributed by atoms with Gasteiger partial charge in [0, 0.05) is 18.4 Å². The van der Waals surface area contributed by atoms with E-state index in [1.165, 1.54) is 0 Å². The van der Waals surface area contributed by atoms with Crippen LogP contribution in [0.3, 0.4) is 0 Å². The van der Waals surface area contributed by atoms with Crippen LogP contribution < -0.4 is 11.1 Å². The summed E-state index contributed by atoms with van der Waals surface area (Å²) in [5, 5.41) is 2.90. The summed E-state index contributed by atoms with van der Waals surface area (Å²) in [6, 6.07) is 9.38. The van der Waals surface area contributed by atoms with Crippen molar-refractivity contribution in [2.75, 3.05) is 11.1 Å². The fourth-order valence-corrected chi connectivity index (χ4v) is 1.88. The van der Waals surface area contributed by atoms with Crippen LogP contribution >= 0.6 is 0 Å². The third-order valence-corrected chi connectivity index (χ3v) is 2.88. The summed E-state index contributed by atoms with van der Waals surface area (Å²) in [7, 11) is 0. The molecule has 1 amide bonds. The van der Waals surface area contributed by atoms with E-state index < -0.39 is 0 Å². The van der Waals surface area contributed by atoms with Crippen LogP contribution in [0.5, 0.6) is 0 Å². The van der Waals surface area contributed by atoms with Crippen molar-refractivity contribution < 1.29 is 4.79 Å². The number of nitrogens with zero attached hydrogens (tertiary/aromatic N) is 1. The Bertz CT molecular complexity index is 572. The van der Waals surface area contributed by atoms with Gasteiger partial charge in [0.05, 0.1) is 5.69 Å². The summed E-state index contributed by atoms with van der Waals surface area (Å²) in [5.74, 6) is -0.136. The lowest BCUT2D eigenvalue weighted by Crippen LogP contribution is -2.16. The average molecular weight is 243 g/mol. The predicted octanol–water partition coefficient (Wildman–Crippen LogP) is 2.65. The Morgan fingerprint density at radius 1 is 1.39 bits per heavy atom. The monoisotopic (exact) mass is 243 g/mol. The molecule has 0 atom stereocenters. The van der Waals surface area contributed by atoms with Crippen LogP contribution in [-0.4, -0.2) is 10.5 Å². The largest absolute Gasteiger partial charge is 0.397 e. The van der Waals surface area contributed by atoms with Crippen molar-refractivity contribution in [3.05, 3.63) is 47.8 Å². The number of hydrogen-bond acceptors (Lipinski definition) is 2. The molecule has 94 valence electrons. The summed E-state index contributed by atoms with van der Waals surface area (Å²) in [4.78, 5) is 12.2. The zero-order valence-corrected chi connectivity index (χ0v) is 10.6.